The summed E-state index contributed by atoms with van der Waals surface area (Å²) in [5, 5.41) is 0. The minimum atomic E-state index is 0.176. The Balaban J connectivity index is 2.03. The summed E-state index contributed by atoms with van der Waals surface area (Å²) in [6.07, 6.45) is 10.1. The molecule has 1 heterocycles. The molecular formula is C17H30N2O. The number of rotatable bonds is 6. The Morgan fingerprint density at radius 2 is 2.30 bits per heavy atom. The topological polar surface area (TPSA) is 42.4 Å². The first-order valence-electron chi connectivity index (χ1n) is 7.98. The smallest absolute Gasteiger partial charge is 0.0947 e. The Kier molecular flexibility index (Phi) is 5.28. The van der Waals surface area contributed by atoms with Gasteiger partial charge in [-0.15, -0.1) is 0 Å². The number of likely N-dealkylation sites (N-methyl/N-ethyl adjacent to an activating group) is 1. The van der Waals surface area contributed by atoms with Crippen molar-refractivity contribution in [3.8, 4) is 0 Å². The lowest BCUT2D eigenvalue weighted by molar-refractivity contribution is 0.0461. The SMILES string of the molecule is CC(C)CC1CCCC(CN)(N(C)Cc2ccoc2)C1. The Morgan fingerprint density at radius 3 is 2.90 bits per heavy atom. The molecular weight excluding hydrogens is 248 g/mol. The molecule has 2 unspecified atom stereocenters. The fraction of sp³-hybridized carbons (Fsp3) is 0.765. The normalized spacial score (nSPS) is 27.4. The lowest BCUT2D eigenvalue weighted by Crippen LogP contribution is -2.54. The predicted molar refractivity (Wildman–Crippen MR) is 83.4 cm³/mol. The van der Waals surface area contributed by atoms with Gasteiger partial charge in [-0.05, 0) is 44.2 Å². The van der Waals surface area contributed by atoms with E-state index in [4.69, 9.17) is 10.2 Å². The highest BCUT2D eigenvalue weighted by molar-refractivity contribution is 5.07. The van der Waals surface area contributed by atoms with Crippen molar-refractivity contribution in [1.82, 2.24) is 4.90 Å². The Hall–Kier alpha value is -0.800. The van der Waals surface area contributed by atoms with Crippen molar-refractivity contribution >= 4 is 0 Å². The van der Waals surface area contributed by atoms with E-state index in [1.165, 1.54) is 37.7 Å². The molecule has 1 aliphatic carbocycles. The van der Waals surface area contributed by atoms with E-state index >= 15 is 0 Å². The summed E-state index contributed by atoms with van der Waals surface area (Å²) in [5.41, 5.74) is 7.61. The van der Waals surface area contributed by atoms with Crippen molar-refractivity contribution in [2.75, 3.05) is 13.6 Å². The van der Waals surface area contributed by atoms with Crippen molar-refractivity contribution < 1.29 is 4.42 Å². The first kappa shape index (κ1) is 15.6. The van der Waals surface area contributed by atoms with E-state index in [0.717, 1.165) is 24.9 Å². The largest absolute Gasteiger partial charge is 0.472 e. The van der Waals surface area contributed by atoms with E-state index < -0.39 is 0 Å². The summed E-state index contributed by atoms with van der Waals surface area (Å²) < 4.78 is 5.19. The summed E-state index contributed by atoms with van der Waals surface area (Å²) in [7, 11) is 2.22. The van der Waals surface area contributed by atoms with E-state index in [2.05, 4.69) is 31.9 Å². The molecule has 3 nitrogen and oxygen atoms in total. The van der Waals surface area contributed by atoms with Crippen LogP contribution in [0, 0.1) is 11.8 Å². The quantitative estimate of drug-likeness (QED) is 0.863. The van der Waals surface area contributed by atoms with Crippen molar-refractivity contribution in [2.45, 2.75) is 58.0 Å². The van der Waals surface area contributed by atoms with Gasteiger partial charge in [0.15, 0.2) is 0 Å². The molecule has 0 saturated heterocycles. The van der Waals surface area contributed by atoms with Gasteiger partial charge in [-0.1, -0.05) is 26.7 Å². The lowest BCUT2D eigenvalue weighted by atomic mass is 9.72. The molecule has 0 bridgehead atoms. The maximum Gasteiger partial charge on any atom is 0.0947 e. The van der Waals surface area contributed by atoms with Crippen LogP contribution in [0.2, 0.25) is 0 Å². The van der Waals surface area contributed by atoms with Gasteiger partial charge in [-0.3, -0.25) is 4.90 Å². The molecule has 1 fully saturated rings. The maximum absolute atomic E-state index is 6.20. The van der Waals surface area contributed by atoms with E-state index in [-0.39, 0.29) is 5.54 Å². The number of hydrogen-bond acceptors (Lipinski definition) is 3. The summed E-state index contributed by atoms with van der Waals surface area (Å²) in [4.78, 5) is 2.46. The van der Waals surface area contributed by atoms with Crippen LogP contribution in [0.3, 0.4) is 0 Å². The average molecular weight is 278 g/mol. The van der Waals surface area contributed by atoms with Crippen molar-refractivity contribution in [3.63, 3.8) is 0 Å². The van der Waals surface area contributed by atoms with Gasteiger partial charge in [-0.2, -0.15) is 0 Å². The number of nitrogens with zero attached hydrogens (tertiary/aromatic N) is 1. The third kappa shape index (κ3) is 3.64. The van der Waals surface area contributed by atoms with Crippen LogP contribution >= 0.6 is 0 Å². The second-order valence-electron chi connectivity index (χ2n) is 7.01. The van der Waals surface area contributed by atoms with Crippen molar-refractivity contribution in [3.05, 3.63) is 24.2 Å². The molecule has 0 spiro atoms. The second kappa shape index (κ2) is 6.77. The second-order valence-corrected chi connectivity index (χ2v) is 7.01. The minimum absolute atomic E-state index is 0.176. The molecule has 0 amide bonds. The average Bonchev–Trinajstić information content (AvgIpc) is 2.91. The summed E-state index contributed by atoms with van der Waals surface area (Å²) in [5.74, 6) is 1.62. The Bertz CT molecular complexity index is 388. The van der Waals surface area contributed by atoms with Gasteiger partial charge < -0.3 is 10.2 Å². The zero-order valence-electron chi connectivity index (χ0n) is 13.3. The fourth-order valence-electron chi connectivity index (χ4n) is 3.84. The highest BCUT2D eigenvalue weighted by atomic mass is 16.3. The van der Waals surface area contributed by atoms with Crippen LogP contribution < -0.4 is 5.73 Å². The van der Waals surface area contributed by atoms with Gasteiger partial charge in [0.1, 0.15) is 0 Å². The molecule has 2 atom stereocenters. The van der Waals surface area contributed by atoms with Crippen LogP contribution in [0.25, 0.3) is 0 Å². The van der Waals surface area contributed by atoms with Gasteiger partial charge >= 0.3 is 0 Å². The molecule has 0 aliphatic heterocycles. The van der Waals surface area contributed by atoms with Crippen LogP contribution in [-0.4, -0.2) is 24.0 Å². The fourth-order valence-corrected chi connectivity index (χ4v) is 3.84. The summed E-state index contributed by atoms with van der Waals surface area (Å²) >= 11 is 0. The van der Waals surface area contributed by atoms with Gasteiger partial charge in [0.25, 0.3) is 0 Å². The van der Waals surface area contributed by atoms with Crippen LogP contribution in [-0.2, 0) is 6.54 Å². The highest BCUT2D eigenvalue weighted by Gasteiger charge is 2.38. The van der Waals surface area contributed by atoms with Crippen molar-refractivity contribution in [1.29, 1.82) is 0 Å². The molecule has 114 valence electrons. The molecule has 2 N–H and O–H groups in total. The molecule has 20 heavy (non-hydrogen) atoms. The Labute approximate surface area is 123 Å². The van der Waals surface area contributed by atoms with Crippen LogP contribution in [0.15, 0.2) is 23.0 Å². The summed E-state index contributed by atoms with van der Waals surface area (Å²) in [6.45, 7) is 6.35. The molecule has 0 radical (unpaired) electrons. The van der Waals surface area contributed by atoms with Gasteiger partial charge in [-0.25, -0.2) is 0 Å². The standard InChI is InChI=1S/C17H30N2O/c1-14(2)9-15-5-4-7-17(10-15,13-18)19(3)11-16-6-8-20-12-16/h6,8,12,14-15H,4-5,7,9-11,13,18H2,1-3H3. The van der Waals surface area contributed by atoms with Crippen LogP contribution in [0.4, 0.5) is 0 Å². The third-order valence-electron chi connectivity index (χ3n) is 4.92. The van der Waals surface area contributed by atoms with E-state index in [0.29, 0.717) is 0 Å². The zero-order valence-corrected chi connectivity index (χ0v) is 13.3. The first-order valence-corrected chi connectivity index (χ1v) is 7.98. The molecule has 1 saturated carbocycles. The molecule has 1 aliphatic rings. The number of nitrogens with two attached hydrogens (primary N) is 1. The van der Waals surface area contributed by atoms with Crippen LogP contribution in [0.1, 0.15) is 51.5 Å². The molecule has 3 heteroatoms. The first-order chi connectivity index (χ1) is 9.55. The van der Waals surface area contributed by atoms with Crippen LogP contribution in [0.5, 0.6) is 0 Å². The van der Waals surface area contributed by atoms with Gasteiger partial charge in [0.05, 0.1) is 12.5 Å². The van der Waals surface area contributed by atoms with Gasteiger partial charge in [0, 0.05) is 24.2 Å². The zero-order chi connectivity index (χ0) is 14.6. The Morgan fingerprint density at radius 1 is 1.50 bits per heavy atom. The van der Waals surface area contributed by atoms with E-state index in [1.54, 1.807) is 6.26 Å². The monoisotopic (exact) mass is 278 g/mol. The molecule has 1 aromatic heterocycles. The third-order valence-corrected chi connectivity index (χ3v) is 4.92. The minimum Gasteiger partial charge on any atom is -0.472 e. The maximum atomic E-state index is 6.20. The molecule has 1 aromatic rings. The summed E-state index contributed by atoms with van der Waals surface area (Å²) in [6, 6.07) is 2.05. The number of hydrogen-bond donors (Lipinski definition) is 1. The lowest BCUT2D eigenvalue weighted by Gasteiger charge is -2.47. The highest BCUT2D eigenvalue weighted by Crippen LogP contribution is 2.39. The van der Waals surface area contributed by atoms with E-state index in [1.807, 2.05) is 6.26 Å². The molecule has 2 rings (SSSR count). The van der Waals surface area contributed by atoms with Gasteiger partial charge in [0.2, 0.25) is 0 Å². The predicted octanol–water partition coefficient (Wildman–Crippen LogP) is 3.65. The van der Waals surface area contributed by atoms with E-state index in [9.17, 15) is 0 Å². The molecule has 0 aromatic carbocycles. The van der Waals surface area contributed by atoms with Crippen molar-refractivity contribution in [2.24, 2.45) is 17.6 Å². The number of furan rings is 1.